The highest BCUT2D eigenvalue weighted by Gasteiger charge is 2.36. The summed E-state index contributed by atoms with van der Waals surface area (Å²) in [5.41, 5.74) is 0.766. The van der Waals surface area contributed by atoms with Crippen molar-refractivity contribution >= 4 is 17.7 Å². The average molecular weight is 377 g/mol. The lowest BCUT2D eigenvalue weighted by Gasteiger charge is -2.31. The van der Waals surface area contributed by atoms with Crippen LogP contribution >= 0.6 is 0 Å². The third kappa shape index (κ3) is 4.36. The molecule has 0 saturated carbocycles. The van der Waals surface area contributed by atoms with Crippen LogP contribution in [0.2, 0.25) is 0 Å². The van der Waals surface area contributed by atoms with E-state index in [1.165, 1.54) is 19.2 Å². The van der Waals surface area contributed by atoms with E-state index in [4.69, 9.17) is 9.47 Å². The Morgan fingerprint density at radius 2 is 1.93 bits per heavy atom. The molecule has 1 aromatic rings. The van der Waals surface area contributed by atoms with Crippen LogP contribution in [0, 0.1) is 16.0 Å². The van der Waals surface area contributed by atoms with E-state index < -0.39 is 23.0 Å². The van der Waals surface area contributed by atoms with Gasteiger partial charge in [-0.1, -0.05) is 19.9 Å². The molecule has 1 unspecified atom stereocenters. The Morgan fingerprint density at radius 3 is 2.44 bits per heavy atom. The maximum atomic E-state index is 12.7. The van der Waals surface area contributed by atoms with Gasteiger partial charge < -0.3 is 20.1 Å². The lowest BCUT2D eigenvalue weighted by molar-refractivity contribution is -0.385. The number of allylic oxidation sites excluding steroid dienone is 1. The van der Waals surface area contributed by atoms with Gasteiger partial charge in [0.05, 0.1) is 29.8 Å². The Kier molecular flexibility index (Phi) is 6.04. The number of esters is 1. The molecule has 2 N–H and O–H groups in total. The van der Waals surface area contributed by atoms with E-state index in [1.807, 2.05) is 13.8 Å². The van der Waals surface area contributed by atoms with Crippen molar-refractivity contribution in [1.29, 1.82) is 0 Å². The van der Waals surface area contributed by atoms with E-state index in [-0.39, 0.29) is 29.0 Å². The summed E-state index contributed by atoms with van der Waals surface area (Å²) < 4.78 is 10.3. The van der Waals surface area contributed by atoms with Crippen LogP contribution in [0.5, 0.6) is 5.75 Å². The van der Waals surface area contributed by atoms with E-state index >= 15 is 0 Å². The minimum absolute atomic E-state index is 0.0865. The monoisotopic (exact) mass is 377 g/mol. The minimum atomic E-state index is -0.882. The molecule has 9 nitrogen and oxygen atoms in total. The first-order chi connectivity index (χ1) is 12.6. The van der Waals surface area contributed by atoms with E-state index in [9.17, 15) is 19.7 Å². The van der Waals surface area contributed by atoms with Gasteiger partial charge in [-0.15, -0.1) is 0 Å². The van der Waals surface area contributed by atoms with E-state index in [0.29, 0.717) is 11.3 Å². The van der Waals surface area contributed by atoms with Gasteiger partial charge in [0.1, 0.15) is 0 Å². The number of amides is 2. The highest BCUT2D eigenvalue weighted by molar-refractivity contribution is 5.95. The molecule has 0 fully saturated rings. The van der Waals surface area contributed by atoms with Gasteiger partial charge in [0.25, 0.3) is 0 Å². The first-order valence-electron chi connectivity index (χ1n) is 8.50. The molecule has 0 aliphatic carbocycles. The number of nitro groups is 1. The smallest absolute Gasteiger partial charge is 0.338 e. The zero-order valence-electron chi connectivity index (χ0n) is 15.9. The summed E-state index contributed by atoms with van der Waals surface area (Å²) in [7, 11) is 1.33. The summed E-state index contributed by atoms with van der Waals surface area (Å²) in [6.07, 6.45) is -0.359. The molecule has 27 heavy (non-hydrogen) atoms. The molecule has 0 spiro atoms. The summed E-state index contributed by atoms with van der Waals surface area (Å²) >= 11 is 0. The number of hydrogen-bond donors (Lipinski definition) is 2. The summed E-state index contributed by atoms with van der Waals surface area (Å²) in [5, 5.41) is 16.6. The quantitative estimate of drug-likeness (QED) is 0.447. The minimum Gasteiger partial charge on any atom is -0.490 e. The second-order valence-corrected chi connectivity index (χ2v) is 6.66. The molecule has 0 aromatic heterocycles. The lowest BCUT2D eigenvalue weighted by atomic mass is 9.91. The fraction of sp³-hybridized carbons (Fsp3) is 0.444. The number of methoxy groups -OCH3 is 1. The number of urea groups is 1. The fourth-order valence-corrected chi connectivity index (χ4v) is 2.82. The first kappa shape index (κ1) is 20.2. The van der Waals surface area contributed by atoms with Gasteiger partial charge in [0.15, 0.2) is 5.75 Å². The topological polar surface area (TPSA) is 120 Å². The van der Waals surface area contributed by atoms with Crippen LogP contribution in [-0.2, 0) is 9.53 Å². The number of nitrogens with zero attached hydrogens (tertiary/aromatic N) is 1. The molecule has 1 atom stereocenters. The van der Waals surface area contributed by atoms with Gasteiger partial charge in [0.2, 0.25) is 0 Å². The molecule has 0 radical (unpaired) electrons. The predicted molar refractivity (Wildman–Crippen MR) is 97.1 cm³/mol. The van der Waals surface area contributed by atoms with Crippen LogP contribution in [0.15, 0.2) is 29.5 Å². The van der Waals surface area contributed by atoms with Crippen molar-refractivity contribution in [3.05, 3.63) is 45.1 Å². The Bertz CT molecular complexity index is 800. The van der Waals surface area contributed by atoms with Crippen LogP contribution in [0.25, 0.3) is 0 Å². The standard InChI is InChI=1S/C18H23N3O6/c1-9(2)15-14(17(22)27-10(3)4)16(20-18(23)19-15)11-6-7-13(26-5)12(8-11)21(24)25/h6-10,16H,1-5H3,(H2,19,20,23). The van der Waals surface area contributed by atoms with Gasteiger partial charge in [-0.3, -0.25) is 10.1 Å². The van der Waals surface area contributed by atoms with E-state index in [2.05, 4.69) is 10.6 Å². The number of rotatable bonds is 6. The molecule has 9 heteroatoms. The molecule has 1 aromatic carbocycles. The second-order valence-electron chi connectivity index (χ2n) is 6.66. The number of ether oxygens (including phenoxy) is 2. The molecule has 1 aliphatic rings. The average Bonchev–Trinajstić information content (AvgIpc) is 2.59. The van der Waals surface area contributed by atoms with Crippen molar-refractivity contribution in [2.24, 2.45) is 5.92 Å². The predicted octanol–water partition coefficient (Wildman–Crippen LogP) is 2.82. The highest BCUT2D eigenvalue weighted by Crippen LogP contribution is 2.35. The van der Waals surface area contributed by atoms with Gasteiger partial charge in [-0.25, -0.2) is 9.59 Å². The van der Waals surface area contributed by atoms with Crippen LogP contribution in [0.1, 0.15) is 39.3 Å². The van der Waals surface area contributed by atoms with Crippen molar-refractivity contribution in [3.8, 4) is 5.75 Å². The third-order valence-corrected chi connectivity index (χ3v) is 3.98. The number of carbonyl (C=O) groups is 2. The van der Waals surface area contributed by atoms with Crippen LogP contribution in [0.4, 0.5) is 10.5 Å². The van der Waals surface area contributed by atoms with Crippen molar-refractivity contribution < 1.29 is 24.0 Å². The molecule has 1 aliphatic heterocycles. The first-order valence-corrected chi connectivity index (χ1v) is 8.50. The van der Waals surface area contributed by atoms with Crippen LogP contribution in [-0.4, -0.2) is 30.1 Å². The Balaban J connectivity index is 2.62. The van der Waals surface area contributed by atoms with Crippen molar-refractivity contribution in [1.82, 2.24) is 10.6 Å². The fourth-order valence-electron chi connectivity index (χ4n) is 2.82. The van der Waals surface area contributed by atoms with E-state index in [0.717, 1.165) is 0 Å². The van der Waals surface area contributed by atoms with Gasteiger partial charge in [0, 0.05) is 11.8 Å². The molecule has 2 rings (SSSR count). The van der Waals surface area contributed by atoms with Crippen LogP contribution < -0.4 is 15.4 Å². The number of hydrogen-bond acceptors (Lipinski definition) is 6. The Labute approximate surface area is 156 Å². The van der Waals surface area contributed by atoms with E-state index in [1.54, 1.807) is 19.9 Å². The number of nitrogens with one attached hydrogen (secondary N) is 2. The molecule has 0 saturated heterocycles. The SMILES string of the molecule is COc1ccc(C2NC(=O)NC(C(C)C)=C2C(=O)OC(C)C)cc1[N+](=O)[O-]. The summed E-state index contributed by atoms with van der Waals surface area (Å²) in [6.45, 7) is 7.10. The molecular formula is C18H23N3O6. The van der Waals surface area contributed by atoms with Crippen LogP contribution in [0.3, 0.4) is 0 Å². The highest BCUT2D eigenvalue weighted by atomic mass is 16.6. The Hall–Kier alpha value is -3.10. The van der Waals surface area contributed by atoms with Gasteiger partial charge in [-0.05, 0) is 31.4 Å². The summed E-state index contributed by atoms with van der Waals surface area (Å²) in [6, 6.07) is 2.91. The molecule has 0 bridgehead atoms. The van der Waals surface area contributed by atoms with Crippen molar-refractivity contribution in [2.45, 2.75) is 39.8 Å². The van der Waals surface area contributed by atoms with Gasteiger partial charge in [-0.2, -0.15) is 0 Å². The number of benzene rings is 1. The zero-order valence-corrected chi connectivity index (χ0v) is 15.9. The summed E-state index contributed by atoms with van der Waals surface area (Å²) in [4.78, 5) is 35.6. The largest absolute Gasteiger partial charge is 0.490 e. The molecule has 2 amide bonds. The third-order valence-electron chi connectivity index (χ3n) is 3.98. The maximum absolute atomic E-state index is 12.7. The summed E-state index contributed by atoms with van der Waals surface area (Å²) in [5.74, 6) is -0.672. The van der Waals surface area contributed by atoms with Crippen molar-refractivity contribution in [3.63, 3.8) is 0 Å². The zero-order chi connectivity index (χ0) is 20.3. The lowest BCUT2D eigenvalue weighted by Crippen LogP contribution is -2.47. The maximum Gasteiger partial charge on any atom is 0.338 e. The number of nitro benzene ring substituents is 1. The van der Waals surface area contributed by atoms with Gasteiger partial charge >= 0.3 is 17.7 Å². The second kappa shape index (κ2) is 8.07. The number of carbonyl (C=O) groups excluding carboxylic acids is 2. The molecular weight excluding hydrogens is 354 g/mol. The Morgan fingerprint density at radius 1 is 1.26 bits per heavy atom. The van der Waals surface area contributed by atoms with Crippen molar-refractivity contribution in [2.75, 3.05) is 7.11 Å². The normalized spacial score (nSPS) is 16.9. The molecule has 146 valence electrons. The molecule has 1 heterocycles.